The van der Waals surface area contributed by atoms with Crippen LogP contribution >= 0.6 is 0 Å². The minimum atomic E-state index is -4.40. The molecule has 1 aromatic heterocycles. The third-order valence-electron chi connectivity index (χ3n) is 2.81. The first-order valence-electron chi connectivity index (χ1n) is 6.73. The number of pyridine rings is 1. The van der Waals surface area contributed by atoms with Crippen LogP contribution in [0, 0.1) is 5.82 Å². The Morgan fingerprint density at radius 2 is 1.86 bits per heavy atom. The van der Waals surface area contributed by atoms with E-state index >= 15 is 0 Å². The van der Waals surface area contributed by atoms with E-state index in [0.29, 0.717) is 5.56 Å². The van der Waals surface area contributed by atoms with Gasteiger partial charge < -0.3 is 10.2 Å². The lowest BCUT2D eigenvalue weighted by atomic mass is 10.1. The molecular weight excluding hydrogens is 286 g/mol. The molecule has 3 nitrogen and oxygen atoms in total. The van der Waals surface area contributed by atoms with Crippen LogP contribution in [0.1, 0.15) is 33.3 Å². The molecule has 7 heteroatoms. The van der Waals surface area contributed by atoms with E-state index in [-0.39, 0.29) is 24.4 Å². The number of hydrogen-bond acceptors (Lipinski definition) is 3. The van der Waals surface area contributed by atoms with Gasteiger partial charge in [0.15, 0.2) is 11.6 Å². The molecule has 0 atom stereocenters. The zero-order valence-electron chi connectivity index (χ0n) is 12.7. The summed E-state index contributed by atoms with van der Waals surface area (Å²) in [5.41, 5.74) is 0.0854. The van der Waals surface area contributed by atoms with Gasteiger partial charge in [-0.3, -0.25) is 0 Å². The normalized spacial score (nSPS) is 12.6. The molecule has 0 aromatic carbocycles. The van der Waals surface area contributed by atoms with Crippen LogP contribution in [0.3, 0.4) is 0 Å². The highest BCUT2D eigenvalue weighted by Gasteiger charge is 2.32. The molecule has 0 radical (unpaired) electrons. The fourth-order valence-electron chi connectivity index (χ4n) is 1.74. The first-order valence-corrected chi connectivity index (χ1v) is 6.73. The number of rotatable bonds is 5. The van der Waals surface area contributed by atoms with E-state index in [1.54, 1.807) is 0 Å². The van der Waals surface area contributed by atoms with E-state index in [1.807, 2.05) is 20.8 Å². The zero-order valence-corrected chi connectivity index (χ0v) is 12.7. The fourth-order valence-corrected chi connectivity index (χ4v) is 1.74. The van der Waals surface area contributed by atoms with Crippen molar-refractivity contribution in [2.75, 3.05) is 18.0 Å². The van der Waals surface area contributed by atoms with Crippen molar-refractivity contribution in [1.82, 2.24) is 10.3 Å². The van der Waals surface area contributed by atoms with E-state index in [4.69, 9.17) is 0 Å². The summed E-state index contributed by atoms with van der Waals surface area (Å²) in [6, 6.07) is 1.47. The second-order valence-electron chi connectivity index (χ2n) is 5.84. The quantitative estimate of drug-likeness (QED) is 0.844. The third-order valence-corrected chi connectivity index (χ3v) is 2.81. The summed E-state index contributed by atoms with van der Waals surface area (Å²) in [7, 11) is 0. The number of anilines is 1. The van der Waals surface area contributed by atoms with Gasteiger partial charge in [-0.25, -0.2) is 9.37 Å². The molecule has 120 valence electrons. The second kappa shape index (κ2) is 6.60. The van der Waals surface area contributed by atoms with E-state index in [2.05, 4.69) is 10.3 Å². The number of hydrogen-bond donors (Lipinski definition) is 1. The largest absolute Gasteiger partial charge is 0.405 e. The molecule has 1 aromatic rings. The number of nitrogens with zero attached hydrogens (tertiary/aromatic N) is 2. The summed E-state index contributed by atoms with van der Waals surface area (Å²) >= 11 is 0. The molecule has 1 N–H and O–H groups in total. The molecule has 21 heavy (non-hydrogen) atoms. The number of nitrogens with one attached hydrogen (secondary N) is 1. The summed E-state index contributed by atoms with van der Waals surface area (Å²) in [5.74, 6) is -0.969. The fraction of sp³-hybridized carbons (Fsp3) is 0.643. The number of aromatic nitrogens is 1. The predicted octanol–water partition coefficient (Wildman–Crippen LogP) is 3.50. The molecule has 0 fully saturated rings. The van der Waals surface area contributed by atoms with Crippen LogP contribution in [0.25, 0.3) is 0 Å². The van der Waals surface area contributed by atoms with Crippen molar-refractivity contribution < 1.29 is 17.6 Å². The Morgan fingerprint density at radius 3 is 2.33 bits per heavy atom. The van der Waals surface area contributed by atoms with Crippen LogP contribution < -0.4 is 10.2 Å². The van der Waals surface area contributed by atoms with Crippen molar-refractivity contribution in [2.24, 2.45) is 0 Å². The summed E-state index contributed by atoms with van der Waals surface area (Å²) in [4.78, 5) is 4.65. The van der Waals surface area contributed by atoms with Crippen molar-refractivity contribution in [3.05, 3.63) is 23.6 Å². The molecule has 1 rings (SSSR count). The van der Waals surface area contributed by atoms with Crippen molar-refractivity contribution in [1.29, 1.82) is 0 Å². The summed E-state index contributed by atoms with van der Waals surface area (Å²) in [6.07, 6.45) is -3.07. The van der Waals surface area contributed by atoms with Gasteiger partial charge in [0, 0.05) is 30.4 Å². The lowest BCUT2D eigenvalue weighted by molar-refractivity contribution is -0.119. The average molecular weight is 307 g/mol. The maximum absolute atomic E-state index is 14.3. The Morgan fingerprint density at radius 1 is 1.24 bits per heavy atom. The smallest absolute Gasteiger partial charge is 0.345 e. The van der Waals surface area contributed by atoms with Gasteiger partial charge in [-0.15, -0.1) is 0 Å². The molecular formula is C14H21F4N3. The van der Waals surface area contributed by atoms with Crippen LogP contribution in [0.4, 0.5) is 23.4 Å². The van der Waals surface area contributed by atoms with E-state index in [1.165, 1.54) is 19.2 Å². The van der Waals surface area contributed by atoms with Crippen LogP contribution in [0.15, 0.2) is 12.3 Å². The van der Waals surface area contributed by atoms with Gasteiger partial charge >= 0.3 is 6.18 Å². The highest BCUT2D eigenvalue weighted by atomic mass is 19.4. The zero-order chi connectivity index (χ0) is 16.3. The molecule has 0 aliphatic heterocycles. The minimum Gasteiger partial charge on any atom is -0.345 e. The van der Waals surface area contributed by atoms with Gasteiger partial charge in [-0.2, -0.15) is 13.2 Å². The van der Waals surface area contributed by atoms with Crippen LogP contribution in [-0.2, 0) is 6.54 Å². The first-order chi connectivity index (χ1) is 9.53. The summed E-state index contributed by atoms with van der Waals surface area (Å²) in [5, 5.41) is 3.10. The first kappa shape index (κ1) is 17.7. The monoisotopic (exact) mass is 307 g/mol. The van der Waals surface area contributed by atoms with Gasteiger partial charge in [0.1, 0.15) is 6.54 Å². The predicted molar refractivity (Wildman–Crippen MR) is 74.7 cm³/mol. The van der Waals surface area contributed by atoms with E-state index in [9.17, 15) is 17.6 Å². The highest BCUT2D eigenvalue weighted by molar-refractivity contribution is 5.43. The molecule has 0 unspecified atom stereocenters. The maximum Gasteiger partial charge on any atom is 0.405 e. The SMILES string of the molecule is CCN(CC(F)(F)F)c1nccc(CNC(C)(C)C)c1F. The van der Waals surface area contributed by atoms with Crippen molar-refractivity contribution >= 4 is 5.82 Å². The number of halogens is 4. The van der Waals surface area contributed by atoms with Crippen LogP contribution in [0.5, 0.6) is 0 Å². The Labute approximate surface area is 122 Å². The lowest BCUT2D eigenvalue weighted by Gasteiger charge is -2.25. The van der Waals surface area contributed by atoms with Gasteiger partial charge in [0.25, 0.3) is 0 Å². The molecule has 0 saturated carbocycles. The van der Waals surface area contributed by atoms with Crippen LogP contribution in [0.2, 0.25) is 0 Å². The van der Waals surface area contributed by atoms with E-state index < -0.39 is 18.5 Å². The van der Waals surface area contributed by atoms with Gasteiger partial charge in [0.2, 0.25) is 0 Å². The Kier molecular flexibility index (Phi) is 5.55. The van der Waals surface area contributed by atoms with E-state index in [0.717, 1.165) is 4.90 Å². The minimum absolute atomic E-state index is 0.0274. The summed E-state index contributed by atoms with van der Waals surface area (Å²) in [6.45, 7) is 6.35. The molecule has 0 spiro atoms. The molecule has 0 saturated heterocycles. The molecule has 1 heterocycles. The van der Waals surface area contributed by atoms with Crippen molar-refractivity contribution in [2.45, 2.75) is 46.0 Å². The van der Waals surface area contributed by atoms with Gasteiger partial charge in [-0.1, -0.05) is 0 Å². The summed E-state index contributed by atoms with van der Waals surface area (Å²) < 4.78 is 51.9. The molecule has 0 aliphatic rings. The Balaban J connectivity index is 2.98. The Hall–Kier alpha value is -1.37. The van der Waals surface area contributed by atoms with Crippen LogP contribution in [-0.4, -0.2) is 29.8 Å². The second-order valence-corrected chi connectivity index (χ2v) is 5.84. The average Bonchev–Trinajstić information content (AvgIpc) is 2.33. The lowest BCUT2D eigenvalue weighted by Crippen LogP contribution is -2.37. The van der Waals surface area contributed by atoms with Crippen molar-refractivity contribution in [3.8, 4) is 0 Å². The topological polar surface area (TPSA) is 28.2 Å². The van der Waals surface area contributed by atoms with Gasteiger partial charge in [-0.05, 0) is 33.8 Å². The van der Waals surface area contributed by atoms with Gasteiger partial charge in [0.05, 0.1) is 0 Å². The highest BCUT2D eigenvalue weighted by Crippen LogP contribution is 2.24. The standard InChI is InChI=1S/C14H21F4N3/c1-5-21(9-14(16,17)18)12-11(15)10(6-7-19-12)8-20-13(2,3)4/h6-7,20H,5,8-9H2,1-4H3. The maximum atomic E-state index is 14.3. The Bertz CT molecular complexity index is 466. The van der Waals surface area contributed by atoms with Crippen molar-refractivity contribution in [3.63, 3.8) is 0 Å². The number of alkyl halides is 3. The molecule has 0 amide bonds. The molecule has 0 bridgehead atoms. The molecule has 0 aliphatic carbocycles. The third kappa shape index (κ3) is 5.87.